The van der Waals surface area contributed by atoms with E-state index in [1.54, 1.807) is 6.20 Å². The average Bonchev–Trinajstić information content (AvgIpc) is 2.46. The zero-order valence-corrected chi connectivity index (χ0v) is 12.2. The number of hydrogen-bond donors (Lipinski definition) is 1. The van der Waals surface area contributed by atoms with Gasteiger partial charge in [0.25, 0.3) is 0 Å². The highest BCUT2D eigenvalue weighted by atomic mass is 16.4. The van der Waals surface area contributed by atoms with Crippen LogP contribution in [0.25, 0.3) is 0 Å². The van der Waals surface area contributed by atoms with Crippen LogP contribution < -0.4 is 0 Å². The number of rotatable bonds is 7. The molecule has 0 fully saturated rings. The highest BCUT2D eigenvalue weighted by molar-refractivity contribution is 5.66. The smallest absolute Gasteiger partial charge is 0.304 e. The molecule has 0 saturated heterocycles. The van der Waals surface area contributed by atoms with Crippen LogP contribution in [0.3, 0.4) is 0 Å². The van der Waals surface area contributed by atoms with Crippen molar-refractivity contribution in [3.63, 3.8) is 0 Å². The van der Waals surface area contributed by atoms with Crippen molar-refractivity contribution in [1.29, 1.82) is 0 Å². The second-order valence-electron chi connectivity index (χ2n) is 5.16. The van der Waals surface area contributed by atoms with Gasteiger partial charge in [-0.2, -0.15) is 0 Å². The van der Waals surface area contributed by atoms with E-state index in [1.807, 2.05) is 24.3 Å². The van der Waals surface area contributed by atoms with E-state index >= 15 is 0 Å². The molecule has 1 heterocycles. The molecule has 21 heavy (non-hydrogen) atoms. The summed E-state index contributed by atoms with van der Waals surface area (Å²) in [5.74, 6) is -0.773. The van der Waals surface area contributed by atoms with Crippen LogP contribution in [0.4, 0.5) is 0 Å². The highest BCUT2D eigenvalue weighted by Gasteiger charge is 2.10. The fourth-order valence-electron chi connectivity index (χ4n) is 2.26. The summed E-state index contributed by atoms with van der Waals surface area (Å²) < 4.78 is 0. The fourth-order valence-corrected chi connectivity index (χ4v) is 2.26. The van der Waals surface area contributed by atoms with Crippen LogP contribution >= 0.6 is 0 Å². The van der Waals surface area contributed by atoms with Gasteiger partial charge in [0.15, 0.2) is 0 Å². The van der Waals surface area contributed by atoms with E-state index in [4.69, 9.17) is 5.11 Å². The Balaban J connectivity index is 2.06. The molecule has 2 rings (SSSR count). The van der Waals surface area contributed by atoms with Gasteiger partial charge in [-0.15, -0.1) is 0 Å². The number of hydrogen-bond acceptors (Lipinski definition) is 3. The van der Waals surface area contributed by atoms with Crippen LogP contribution in [0, 0.1) is 6.92 Å². The number of pyridine rings is 1. The molecule has 1 N–H and O–H groups in total. The van der Waals surface area contributed by atoms with Crippen molar-refractivity contribution in [2.24, 2.45) is 0 Å². The summed E-state index contributed by atoms with van der Waals surface area (Å²) in [5, 5.41) is 8.90. The first-order valence-electron chi connectivity index (χ1n) is 7.03. The first kappa shape index (κ1) is 15.2. The van der Waals surface area contributed by atoms with Crippen molar-refractivity contribution in [3.8, 4) is 0 Å². The SMILES string of the molecule is Cc1cccc(CN(CCC(=O)O)Cc2ccccn2)c1. The van der Waals surface area contributed by atoms with Gasteiger partial charge in [-0.05, 0) is 24.6 Å². The molecule has 2 aromatic rings. The minimum absolute atomic E-state index is 0.138. The van der Waals surface area contributed by atoms with Gasteiger partial charge in [0.1, 0.15) is 0 Å². The number of carbonyl (C=O) groups is 1. The predicted octanol–water partition coefficient (Wildman–Crippen LogP) is 2.87. The number of aromatic nitrogens is 1. The molecule has 110 valence electrons. The first-order chi connectivity index (χ1) is 10.1. The van der Waals surface area contributed by atoms with Crippen molar-refractivity contribution < 1.29 is 9.90 Å². The Morgan fingerprint density at radius 2 is 2.05 bits per heavy atom. The molecule has 0 unspecified atom stereocenters. The lowest BCUT2D eigenvalue weighted by Gasteiger charge is -2.21. The lowest BCUT2D eigenvalue weighted by molar-refractivity contribution is -0.137. The van der Waals surface area contributed by atoms with Crippen molar-refractivity contribution >= 4 is 5.97 Å². The lowest BCUT2D eigenvalue weighted by Crippen LogP contribution is -2.26. The standard InChI is InChI=1S/C17H20N2O2/c1-14-5-4-6-15(11-14)12-19(10-8-17(20)21)13-16-7-2-3-9-18-16/h2-7,9,11H,8,10,12-13H2,1H3,(H,20,21). The Bertz CT molecular complexity index is 584. The summed E-state index contributed by atoms with van der Waals surface area (Å²) in [6.45, 7) is 3.96. The number of carboxylic acids is 1. The molecule has 0 bridgehead atoms. The first-order valence-corrected chi connectivity index (χ1v) is 7.03. The van der Waals surface area contributed by atoms with Crippen molar-refractivity contribution in [1.82, 2.24) is 9.88 Å². The quantitative estimate of drug-likeness (QED) is 0.849. The van der Waals surface area contributed by atoms with Crippen LogP contribution in [0.5, 0.6) is 0 Å². The van der Waals surface area contributed by atoms with E-state index in [1.165, 1.54) is 11.1 Å². The molecule has 0 aliphatic carbocycles. The number of benzene rings is 1. The van der Waals surface area contributed by atoms with Crippen molar-refractivity contribution in [3.05, 3.63) is 65.5 Å². The van der Waals surface area contributed by atoms with Gasteiger partial charge in [0.2, 0.25) is 0 Å². The molecule has 0 radical (unpaired) electrons. The molecule has 0 aliphatic rings. The maximum Gasteiger partial charge on any atom is 0.304 e. The van der Waals surface area contributed by atoms with Crippen LogP contribution in [-0.2, 0) is 17.9 Å². The molecule has 0 saturated carbocycles. The molecule has 0 aliphatic heterocycles. The third-order valence-corrected chi connectivity index (χ3v) is 3.24. The second kappa shape index (κ2) is 7.55. The zero-order valence-electron chi connectivity index (χ0n) is 12.2. The van der Waals surface area contributed by atoms with E-state index in [0.29, 0.717) is 13.1 Å². The van der Waals surface area contributed by atoms with Gasteiger partial charge in [0, 0.05) is 25.8 Å². The Hall–Kier alpha value is -2.20. The zero-order chi connectivity index (χ0) is 15.1. The van der Waals surface area contributed by atoms with Gasteiger partial charge in [0.05, 0.1) is 12.1 Å². The van der Waals surface area contributed by atoms with E-state index in [0.717, 1.165) is 12.2 Å². The van der Waals surface area contributed by atoms with Gasteiger partial charge in [-0.25, -0.2) is 0 Å². The summed E-state index contributed by atoms with van der Waals surface area (Å²) in [4.78, 5) is 17.3. The van der Waals surface area contributed by atoms with E-state index in [2.05, 4.69) is 35.0 Å². The van der Waals surface area contributed by atoms with Crippen LogP contribution in [0.1, 0.15) is 23.2 Å². The largest absolute Gasteiger partial charge is 0.481 e. The number of carboxylic acid groups (broad SMARTS) is 1. The van der Waals surface area contributed by atoms with Crippen LogP contribution in [0.15, 0.2) is 48.7 Å². The summed E-state index contributed by atoms with van der Waals surface area (Å²) in [6, 6.07) is 14.1. The third-order valence-electron chi connectivity index (χ3n) is 3.24. The maximum atomic E-state index is 10.8. The second-order valence-corrected chi connectivity index (χ2v) is 5.16. The number of nitrogens with zero attached hydrogens (tertiary/aromatic N) is 2. The number of aryl methyl sites for hydroxylation is 1. The molecule has 1 aromatic carbocycles. The molecule has 1 aromatic heterocycles. The highest BCUT2D eigenvalue weighted by Crippen LogP contribution is 2.11. The third kappa shape index (κ3) is 5.36. The fraction of sp³-hybridized carbons (Fsp3) is 0.294. The summed E-state index contributed by atoms with van der Waals surface area (Å²) >= 11 is 0. The van der Waals surface area contributed by atoms with Gasteiger partial charge in [-0.3, -0.25) is 14.7 Å². The van der Waals surface area contributed by atoms with Crippen molar-refractivity contribution in [2.75, 3.05) is 6.54 Å². The lowest BCUT2D eigenvalue weighted by atomic mass is 10.1. The minimum atomic E-state index is -0.773. The molecule has 4 heteroatoms. The Morgan fingerprint density at radius 3 is 2.71 bits per heavy atom. The Morgan fingerprint density at radius 1 is 1.19 bits per heavy atom. The Kier molecular flexibility index (Phi) is 5.46. The molecule has 0 atom stereocenters. The molecule has 0 spiro atoms. The van der Waals surface area contributed by atoms with Gasteiger partial charge in [-0.1, -0.05) is 35.9 Å². The van der Waals surface area contributed by atoms with E-state index in [9.17, 15) is 4.79 Å². The van der Waals surface area contributed by atoms with E-state index in [-0.39, 0.29) is 6.42 Å². The van der Waals surface area contributed by atoms with Crippen LogP contribution in [-0.4, -0.2) is 27.5 Å². The van der Waals surface area contributed by atoms with E-state index < -0.39 is 5.97 Å². The van der Waals surface area contributed by atoms with Crippen LogP contribution in [0.2, 0.25) is 0 Å². The van der Waals surface area contributed by atoms with Crippen molar-refractivity contribution in [2.45, 2.75) is 26.4 Å². The number of aliphatic carboxylic acids is 1. The normalized spacial score (nSPS) is 10.8. The molecular weight excluding hydrogens is 264 g/mol. The summed E-state index contributed by atoms with van der Waals surface area (Å²) in [6.07, 6.45) is 1.90. The minimum Gasteiger partial charge on any atom is -0.481 e. The summed E-state index contributed by atoms with van der Waals surface area (Å²) in [5.41, 5.74) is 3.36. The predicted molar refractivity (Wildman–Crippen MR) is 81.8 cm³/mol. The van der Waals surface area contributed by atoms with Gasteiger partial charge >= 0.3 is 5.97 Å². The Labute approximate surface area is 125 Å². The topological polar surface area (TPSA) is 53.4 Å². The molecule has 0 amide bonds. The molecule has 4 nitrogen and oxygen atoms in total. The summed E-state index contributed by atoms with van der Waals surface area (Å²) in [7, 11) is 0. The van der Waals surface area contributed by atoms with Gasteiger partial charge < -0.3 is 5.11 Å². The maximum absolute atomic E-state index is 10.8. The average molecular weight is 284 g/mol. The monoisotopic (exact) mass is 284 g/mol. The molecular formula is C17H20N2O2.